The van der Waals surface area contributed by atoms with Crippen LogP contribution in [-0.2, 0) is 6.54 Å². The second-order valence-electron chi connectivity index (χ2n) is 4.61. The second-order valence-corrected chi connectivity index (χ2v) is 5.36. The van der Waals surface area contributed by atoms with Crippen molar-refractivity contribution in [1.82, 2.24) is 9.36 Å². The highest BCUT2D eigenvalue weighted by atomic mass is 32.1. The smallest absolute Gasteiger partial charge is 0.203 e. The minimum atomic E-state index is 0.144. The molecule has 0 aliphatic carbocycles. The Morgan fingerprint density at radius 1 is 1.14 bits per heavy atom. The van der Waals surface area contributed by atoms with E-state index in [0.29, 0.717) is 23.3 Å². The first-order valence-corrected chi connectivity index (χ1v) is 7.53. The molecule has 1 aromatic heterocycles. The van der Waals surface area contributed by atoms with Crippen molar-refractivity contribution in [3.8, 4) is 22.9 Å². The highest BCUT2D eigenvalue weighted by Crippen LogP contribution is 2.30. The number of benzene rings is 2. The zero-order valence-corrected chi connectivity index (χ0v) is 12.8. The van der Waals surface area contributed by atoms with Gasteiger partial charge in [-0.1, -0.05) is 42.5 Å². The molecule has 0 saturated carbocycles. The van der Waals surface area contributed by atoms with Crippen molar-refractivity contribution in [3.63, 3.8) is 0 Å². The van der Waals surface area contributed by atoms with Gasteiger partial charge in [0.25, 0.3) is 0 Å². The van der Waals surface area contributed by atoms with Crippen LogP contribution in [0.5, 0.6) is 11.5 Å². The van der Waals surface area contributed by atoms with E-state index in [1.54, 1.807) is 6.07 Å². The van der Waals surface area contributed by atoms with Gasteiger partial charge >= 0.3 is 0 Å². The normalized spacial score (nSPS) is 10.4. The van der Waals surface area contributed by atoms with Crippen LogP contribution in [-0.4, -0.2) is 21.6 Å². The molecule has 0 unspecified atom stereocenters. The van der Waals surface area contributed by atoms with E-state index < -0.39 is 0 Å². The molecule has 5 nitrogen and oxygen atoms in total. The van der Waals surface area contributed by atoms with Gasteiger partial charge in [-0.25, -0.2) is 0 Å². The lowest BCUT2D eigenvalue weighted by Gasteiger charge is -2.08. The molecule has 1 heterocycles. The molecule has 3 rings (SSSR count). The highest BCUT2D eigenvalue weighted by Gasteiger charge is 2.09. The van der Waals surface area contributed by atoms with Crippen LogP contribution in [0.25, 0.3) is 11.4 Å². The van der Waals surface area contributed by atoms with Gasteiger partial charge in [0.1, 0.15) is 0 Å². The number of aromatic nitrogens is 2. The van der Waals surface area contributed by atoms with Gasteiger partial charge in [-0.2, -0.15) is 9.36 Å². The maximum absolute atomic E-state index is 10.1. The number of para-hydroxylation sites is 1. The predicted molar refractivity (Wildman–Crippen MR) is 87.3 cm³/mol. The molecule has 0 atom stereocenters. The average molecular weight is 313 g/mol. The monoisotopic (exact) mass is 313 g/mol. The third-order valence-corrected chi connectivity index (χ3v) is 3.86. The molecule has 112 valence electrons. The van der Waals surface area contributed by atoms with Crippen molar-refractivity contribution in [2.75, 3.05) is 12.4 Å². The van der Waals surface area contributed by atoms with Crippen LogP contribution in [0, 0.1) is 0 Å². The Balaban J connectivity index is 1.72. The SMILES string of the molecule is COc1cccc(CNc2nc(-c3ccccc3)ns2)c1O. The summed E-state index contributed by atoms with van der Waals surface area (Å²) in [5.41, 5.74) is 1.73. The molecule has 0 spiro atoms. The summed E-state index contributed by atoms with van der Waals surface area (Å²) in [5, 5.41) is 13.9. The summed E-state index contributed by atoms with van der Waals surface area (Å²) in [5.74, 6) is 1.30. The van der Waals surface area contributed by atoms with Gasteiger partial charge in [-0.3, -0.25) is 0 Å². The molecule has 2 aromatic carbocycles. The van der Waals surface area contributed by atoms with Crippen molar-refractivity contribution in [2.45, 2.75) is 6.54 Å². The first-order chi connectivity index (χ1) is 10.8. The lowest BCUT2D eigenvalue weighted by atomic mass is 10.2. The summed E-state index contributed by atoms with van der Waals surface area (Å²) >= 11 is 1.29. The Morgan fingerprint density at radius 2 is 1.95 bits per heavy atom. The van der Waals surface area contributed by atoms with Gasteiger partial charge in [-0.15, -0.1) is 0 Å². The molecule has 0 fully saturated rings. The van der Waals surface area contributed by atoms with E-state index >= 15 is 0 Å². The Hall–Kier alpha value is -2.60. The number of phenols is 1. The lowest BCUT2D eigenvalue weighted by Crippen LogP contribution is -2.00. The molecule has 0 bridgehead atoms. The molecule has 2 N–H and O–H groups in total. The molecular weight excluding hydrogens is 298 g/mol. The summed E-state index contributed by atoms with van der Waals surface area (Å²) in [6.45, 7) is 0.451. The minimum Gasteiger partial charge on any atom is -0.504 e. The van der Waals surface area contributed by atoms with E-state index in [1.165, 1.54) is 18.6 Å². The van der Waals surface area contributed by atoms with Crippen LogP contribution in [0.4, 0.5) is 5.13 Å². The molecule has 0 amide bonds. The maximum Gasteiger partial charge on any atom is 0.203 e. The van der Waals surface area contributed by atoms with Crippen LogP contribution in [0.3, 0.4) is 0 Å². The summed E-state index contributed by atoms with van der Waals surface area (Å²) in [4.78, 5) is 4.45. The van der Waals surface area contributed by atoms with Crippen LogP contribution in [0.1, 0.15) is 5.56 Å². The van der Waals surface area contributed by atoms with Crippen LogP contribution >= 0.6 is 11.5 Å². The molecule has 0 aliphatic rings. The van der Waals surface area contributed by atoms with E-state index in [9.17, 15) is 5.11 Å². The van der Waals surface area contributed by atoms with Gasteiger partial charge in [0.2, 0.25) is 5.13 Å². The highest BCUT2D eigenvalue weighted by molar-refractivity contribution is 7.09. The largest absolute Gasteiger partial charge is 0.504 e. The molecule has 0 aliphatic heterocycles. The number of hydrogen-bond donors (Lipinski definition) is 2. The van der Waals surface area contributed by atoms with E-state index in [0.717, 1.165) is 11.1 Å². The van der Waals surface area contributed by atoms with E-state index in [1.807, 2.05) is 42.5 Å². The Morgan fingerprint density at radius 3 is 2.73 bits per heavy atom. The number of phenolic OH excluding ortho intramolecular Hbond substituents is 1. The fourth-order valence-corrected chi connectivity index (χ4v) is 2.63. The topological polar surface area (TPSA) is 67.3 Å². The third kappa shape index (κ3) is 3.01. The molecule has 22 heavy (non-hydrogen) atoms. The first kappa shape index (κ1) is 14.3. The number of nitrogens with one attached hydrogen (secondary N) is 1. The first-order valence-electron chi connectivity index (χ1n) is 6.76. The van der Waals surface area contributed by atoms with Gasteiger partial charge in [0.15, 0.2) is 17.3 Å². The quantitative estimate of drug-likeness (QED) is 0.754. The molecule has 3 aromatic rings. The standard InChI is InChI=1S/C16H15N3O2S/c1-21-13-9-5-8-12(14(13)20)10-17-16-18-15(19-22-16)11-6-3-2-4-7-11/h2-9,20H,10H2,1H3,(H,17,18,19). The van der Waals surface area contributed by atoms with Crippen molar-refractivity contribution in [3.05, 3.63) is 54.1 Å². The number of rotatable bonds is 5. The summed E-state index contributed by atoms with van der Waals surface area (Å²) in [7, 11) is 1.53. The zero-order chi connectivity index (χ0) is 15.4. The van der Waals surface area contributed by atoms with Gasteiger partial charge in [-0.05, 0) is 6.07 Å². The van der Waals surface area contributed by atoms with Gasteiger partial charge < -0.3 is 15.2 Å². The lowest BCUT2D eigenvalue weighted by molar-refractivity contribution is 0.371. The minimum absolute atomic E-state index is 0.144. The molecule has 0 radical (unpaired) electrons. The predicted octanol–water partition coefficient (Wildman–Crippen LogP) is 3.53. The zero-order valence-electron chi connectivity index (χ0n) is 12.0. The van der Waals surface area contributed by atoms with Crippen molar-refractivity contribution >= 4 is 16.7 Å². The number of aromatic hydroxyl groups is 1. The Labute approximate surface area is 132 Å². The van der Waals surface area contributed by atoms with Gasteiger partial charge in [0.05, 0.1) is 7.11 Å². The summed E-state index contributed by atoms with van der Waals surface area (Å²) in [6, 6.07) is 15.2. The van der Waals surface area contributed by atoms with Crippen molar-refractivity contribution < 1.29 is 9.84 Å². The third-order valence-electron chi connectivity index (χ3n) is 3.19. The van der Waals surface area contributed by atoms with Crippen LogP contribution in [0.15, 0.2) is 48.5 Å². The van der Waals surface area contributed by atoms with E-state index in [4.69, 9.17) is 4.74 Å². The maximum atomic E-state index is 10.1. The average Bonchev–Trinajstić information content (AvgIpc) is 3.04. The second kappa shape index (κ2) is 6.44. The summed E-state index contributed by atoms with van der Waals surface area (Å²) < 4.78 is 9.43. The van der Waals surface area contributed by atoms with Crippen LogP contribution < -0.4 is 10.1 Å². The van der Waals surface area contributed by atoms with Crippen LogP contribution in [0.2, 0.25) is 0 Å². The Kier molecular flexibility index (Phi) is 4.20. The molecular formula is C16H15N3O2S. The number of hydrogen-bond acceptors (Lipinski definition) is 6. The van der Waals surface area contributed by atoms with Crippen molar-refractivity contribution in [2.24, 2.45) is 0 Å². The number of anilines is 1. The Bertz CT molecular complexity index is 759. The van der Waals surface area contributed by atoms with Crippen molar-refractivity contribution in [1.29, 1.82) is 0 Å². The van der Waals surface area contributed by atoms with E-state index in [2.05, 4.69) is 14.7 Å². The number of nitrogens with zero attached hydrogens (tertiary/aromatic N) is 2. The fraction of sp³-hybridized carbons (Fsp3) is 0.125. The fourth-order valence-electron chi connectivity index (χ4n) is 2.05. The summed E-state index contributed by atoms with van der Waals surface area (Å²) in [6.07, 6.45) is 0. The number of ether oxygens (including phenoxy) is 1. The molecule has 6 heteroatoms. The number of methoxy groups -OCH3 is 1. The van der Waals surface area contributed by atoms with E-state index in [-0.39, 0.29) is 5.75 Å². The molecule has 0 saturated heterocycles. The van der Waals surface area contributed by atoms with Gasteiger partial charge in [0, 0.05) is 29.2 Å².